The van der Waals surface area contributed by atoms with Crippen LogP contribution in [0.3, 0.4) is 0 Å². The highest BCUT2D eigenvalue weighted by atomic mass is 35.5. The van der Waals surface area contributed by atoms with Crippen LogP contribution in [0.4, 0.5) is 0 Å². The summed E-state index contributed by atoms with van der Waals surface area (Å²) in [5, 5.41) is 1.34. The maximum atomic E-state index is 11.9. The first-order chi connectivity index (χ1) is 13.0. The summed E-state index contributed by atoms with van der Waals surface area (Å²) < 4.78 is 5.15. The summed E-state index contributed by atoms with van der Waals surface area (Å²) in [7, 11) is 0. The molecule has 1 fully saturated rings. The molecule has 2 aliphatic rings. The summed E-state index contributed by atoms with van der Waals surface area (Å²) >= 11 is 12.4. The van der Waals surface area contributed by atoms with Crippen LogP contribution in [0.25, 0.3) is 0 Å². The van der Waals surface area contributed by atoms with E-state index in [1.807, 2.05) is 19.1 Å². The van der Waals surface area contributed by atoms with Gasteiger partial charge in [-0.3, -0.25) is 9.69 Å². The normalized spacial score (nSPS) is 24.5. The number of allylic oxidation sites excluding steroid dienone is 1. The standard InChI is InChI=1S/C21H28Cl2N2O2/c1-2-27-21(26)15-7-9-25(10-8-15)13-14-3-5-18(20(24)11-14)17-6-4-16(22)12-19(17)23/h3-4,6,12,15,18,20H,2,5,7-11,13,24H2,1H3/t18-,20+/m1/s1. The number of hydrogen-bond acceptors (Lipinski definition) is 4. The number of rotatable bonds is 5. The molecule has 0 spiro atoms. The van der Waals surface area contributed by atoms with Crippen molar-refractivity contribution in [2.24, 2.45) is 11.7 Å². The fourth-order valence-electron chi connectivity index (χ4n) is 4.16. The van der Waals surface area contributed by atoms with Gasteiger partial charge in [0.05, 0.1) is 12.5 Å². The van der Waals surface area contributed by atoms with Crippen molar-refractivity contribution in [2.45, 2.75) is 44.6 Å². The van der Waals surface area contributed by atoms with Crippen LogP contribution in [0.1, 0.15) is 44.1 Å². The molecule has 148 valence electrons. The molecule has 2 N–H and O–H groups in total. The molecular formula is C21H28Cl2N2O2. The molecule has 1 aliphatic carbocycles. The predicted octanol–water partition coefficient (Wildman–Crippen LogP) is 4.40. The summed E-state index contributed by atoms with van der Waals surface area (Å²) in [4.78, 5) is 14.3. The Morgan fingerprint density at radius 1 is 1.30 bits per heavy atom. The lowest BCUT2D eigenvalue weighted by Gasteiger charge is -2.34. The highest BCUT2D eigenvalue weighted by Crippen LogP contribution is 2.36. The van der Waals surface area contributed by atoms with Gasteiger partial charge < -0.3 is 10.5 Å². The van der Waals surface area contributed by atoms with E-state index in [2.05, 4.69) is 11.0 Å². The number of nitrogens with zero attached hydrogens (tertiary/aromatic N) is 1. The Labute approximate surface area is 171 Å². The van der Waals surface area contributed by atoms with Crippen LogP contribution in [0, 0.1) is 5.92 Å². The average molecular weight is 411 g/mol. The second-order valence-corrected chi connectivity index (χ2v) is 8.38. The van der Waals surface area contributed by atoms with Crippen molar-refractivity contribution in [2.75, 3.05) is 26.2 Å². The van der Waals surface area contributed by atoms with Crippen LogP contribution in [-0.4, -0.2) is 43.2 Å². The van der Waals surface area contributed by atoms with Crippen LogP contribution in [0.2, 0.25) is 10.0 Å². The summed E-state index contributed by atoms with van der Waals surface area (Å²) in [6.45, 7) is 5.12. The highest BCUT2D eigenvalue weighted by Gasteiger charge is 2.29. The lowest BCUT2D eigenvalue weighted by Crippen LogP contribution is -2.39. The fraction of sp³-hybridized carbons (Fsp3) is 0.571. The fourth-order valence-corrected chi connectivity index (χ4v) is 4.71. The molecular weight excluding hydrogens is 383 g/mol. The number of halogens is 2. The van der Waals surface area contributed by atoms with Crippen molar-refractivity contribution in [3.63, 3.8) is 0 Å². The van der Waals surface area contributed by atoms with Gasteiger partial charge in [0.2, 0.25) is 0 Å². The molecule has 4 nitrogen and oxygen atoms in total. The zero-order valence-electron chi connectivity index (χ0n) is 15.8. The van der Waals surface area contributed by atoms with Crippen molar-refractivity contribution >= 4 is 29.2 Å². The number of carbonyl (C=O) groups excluding carboxylic acids is 1. The number of likely N-dealkylation sites (tertiary alicyclic amines) is 1. The molecule has 27 heavy (non-hydrogen) atoms. The molecule has 0 saturated carbocycles. The summed E-state index contributed by atoms with van der Waals surface area (Å²) in [6.07, 6.45) is 5.84. The number of piperidine rings is 1. The Morgan fingerprint density at radius 2 is 2.04 bits per heavy atom. The zero-order chi connectivity index (χ0) is 19.4. The molecule has 1 aliphatic heterocycles. The van der Waals surface area contributed by atoms with Gasteiger partial charge in [-0.15, -0.1) is 0 Å². The Balaban J connectivity index is 1.54. The minimum absolute atomic E-state index is 0.0428. The molecule has 1 aromatic carbocycles. The maximum Gasteiger partial charge on any atom is 0.309 e. The summed E-state index contributed by atoms with van der Waals surface area (Å²) in [6, 6.07) is 5.72. The van der Waals surface area contributed by atoms with Gasteiger partial charge in [0.1, 0.15) is 0 Å². The quantitative estimate of drug-likeness (QED) is 0.577. The molecule has 0 bridgehead atoms. The summed E-state index contributed by atoms with van der Waals surface area (Å²) in [5.41, 5.74) is 8.97. The van der Waals surface area contributed by atoms with Crippen LogP contribution < -0.4 is 5.73 Å². The molecule has 0 aromatic heterocycles. The Bertz CT molecular complexity index is 699. The van der Waals surface area contributed by atoms with Crippen molar-refractivity contribution in [1.82, 2.24) is 4.90 Å². The van der Waals surface area contributed by atoms with Crippen molar-refractivity contribution < 1.29 is 9.53 Å². The van der Waals surface area contributed by atoms with E-state index in [1.54, 1.807) is 6.07 Å². The number of hydrogen-bond donors (Lipinski definition) is 1. The van der Waals surface area contributed by atoms with E-state index >= 15 is 0 Å². The average Bonchev–Trinajstić information content (AvgIpc) is 2.63. The van der Waals surface area contributed by atoms with Crippen LogP contribution >= 0.6 is 23.2 Å². The van der Waals surface area contributed by atoms with Gasteiger partial charge in [-0.2, -0.15) is 0 Å². The number of nitrogens with two attached hydrogens (primary N) is 1. The van der Waals surface area contributed by atoms with Crippen LogP contribution in [-0.2, 0) is 9.53 Å². The summed E-state index contributed by atoms with van der Waals surface area (Å²) in [5.74, 6) is 0.243. The molecule has 6 heteroatoms. The van der Waals surface area contributed by atoms with E-state index in [4.69, 9.17) is 33.7 Å². The van der Waals surface area contributed by atoms with Gasteiger partial charge in [0.25, 0.3) is 0 Å². The van der Waals surface area contributed by atoms with Crippen LogP contribution in [0.5, 0.6) is 0 Å². The lowest BCUT2D eigenvalue weighted by molar-refractivity contribution is -0.149. The van der Waals surface area contributed by atoms with Gasteiger partial charge in [0, 0.05) is 28.5 Å². The first-order valence-electron chi connectivity index (χ1n) is 9.75. The number of ether oxygens (including phenoxy) is 1. The van der Waals surface area contributed by atoms with E-state index in [0.29, 0.717) is 16.7 Å². The molecule has 1 aromatic rings. The van der Waals surface area contributed by atoms with E-state index in [1.165, 1.54) is 5.57 Å². The maximum absolute atomic E-state index is 11.9. The Morgan fingerprint density at radius 3 is 2.67 bits per heavy atom. The minimum Gasteiger partial charge on any atom is -0.466 e. The molecule has 0 radical (unpaired) electrons. The molecule has 1 heterocycles. The third-order valence-electron chi connectivity index (χ3n) is 5.67. The third kappa shape index (κ3) is 5.26. The third-order valence-corrected chi connectivity index (χ3v) is 6.23. The first kappa shape index (κ1) is 20.7. The van der Waals surface area contributed by atoms with Gasteiger partial charge in [-0.1, -0.05) is 40.9 Å². The largest absolute Gasteiger partial charge is 0.466 e. The monoisotopic (exact) mass is 410 g/mol. The van der Waals surface area contributed by atoms with E-state index in [0.717, 1.165) is 50.9 Å². The SMILES string of the molecule is CCOC(=O)C1CCN(CC2=CC[C@H](c3ccc(Cl)cc3Cl)[C@@H](N)C2)CC1. The smallest absolute Gasteiger partial charge is 0.309 e. The van der Waals surface area contributed by atoms with E-state index < -0.39 is 0 Å². The minimum atomic E-state index is -0.0428. The first-order valence-corrected chi connectivity index (χ1v) is 10.5. The van der Waals surface area contributed by atoms with Crippen molar-refractivity contribution in [1.29, 1.82) is 0 Å². The van der Waals surface area contributed by atoms with Crippen LogP contribution in [0.15, 0.2) is 29.8 Å². The number of esters is 1. The van der Waals surface area contributed by atoms with Gasteiger partial charge in [-0.05, 0) is 63.4 Å². The predicted molar refractivity (Wildman–Crippen MR) is 110 cm³/mol. The molecule has 3 rings (SSSR count). The lowest BCUT2D eigenvalue weighted by atomic mass is 9.80. The van der Waals surface area contributed by atoms with Gasteiger partial charge in [0.15, 0.2) is 0 Å². The second kappa shape index (κ2) is 9.42. The molecule has 2 atom stereocenters. The highest BCUT2D eigenvalue weighted by molar-refractivity contribution is 6.35. The van der Waals surface area contributed by atoms with Gasteiger partial charge in [-0.25, -0.2) is 0 Å². The number of carbonyl (C=O) groups is 1. The van der Waals surface area contributed by atoms with Crippen molar-refractivity contribution in [3.8, 4) is 0 Å². The van der Waals surface area contributed by atoms with Crippen molar-refractivity contribution in [3.05, 3.63) is 45.5 Å². The second-order valence-electron chi connectivity index (χ2n) is 7.54. The zero-order valence-corrected chi connectivity index (χ0v) is 17.3. The molecule has 1 saturated heterocycles. The van der Waals surface area contributed by atoms with E-state index in [9.17, 15) is 4.79 Å². The topological polar surface area (TPSA) is 55.6 Å². The Kier molecular flexibility index (Phi) is 7.21. The molecule has 0 unspecified atom stereocenters. The molecule has 0 amide bonds. The van der Waals surface area contributed by atoms with E-state index in [-0.39, 0.29) is 23.8 Å². The Hall–Kier alpha value is -1.07. The van der Waals surface area contributed by atoms with Gasteiger partial charge >= 0.3 is 5.97 Å². The number of benzene rings is 1.